The van der Waals surface area contributed by atoms with Crippen LogP contribution in [0.25, 0.3) is 0 Å². The summed E-state index contributed by atoms with van der Waals surface area (Å²) >= 11 is 0. The maximum absolute atomic E-state index is 11.1. The first-order chi connectivity index (χ1) is 9.56. The molecule has 0 saturated heterocycles. The van der Waals surface area contributed by atoms with Crippen molar-refractivity contribution in [1.82, 2.24) is 10.1 Å². The van der Waals surface area contributed by atoms with E-state index in [0.717, 1.165) is 0 Å². The Morgan fingerprint density at radius 3 is 2.80 bits per heavy atom. The molecule has 0 fully saturated rings. The molecule has 1 aromatic heterocycles. The smallest absolute Gasteiger partial charge is 0.315 e. The van der Waals surface area contributed by atoms with Crippen molar-refractivity contribution in [3.05, 3.63) is 36.0 Å². The molecule has 8 heteroatoms. The van der Waals surface area contributed by atoms with Gasteiger partial charge in [-0.1, -0.05) is 17.3 Å². The number of anilines is 1. The zero-order valence-electron chi connectivity index (χ0n) is 10.6. The van der Waals surface area contributed by atoms with Gasteiger partial charge in [0.25, 0.3) is 0 Å². The predicted octanol–water partition coefficient (Wildman–Crippen LogP) is 0.706. The van der Waals surface area contributed by atoms with Gasteiger partial charge in [-0.05, 0) is 12.1 Å². The molecule has 0 aliphatic heterocycles. The Labute approximate surface area is 113 Å². The molecule has 8 nitrogen and oxygen atoms in total. The maximum atomic E-state index is 11.1. The third kappa shape index (κ3) is 3.31. The fraction of sp³-hybridized carbons (Fsp3) is 0.167. The molecule has 0 bridgehead atoms. The highest BCUT2D eigenvalue weighted by Gasteiger charge is 2.12. The molecular weight excluding hydrogens is 264 g/mol. The number of nitrogens with one attached hydrogen (secondary N) is 1. The van der Waals surface area contributed by atoms with Gasteiger partial charge in [0, 0.05) is 6.92 Å². The second kappa shape index (κ2) is 5.83. The van der Waals surface area contributed by atoms with Gasteiger partial charge in [-0.25, -0.2) is 0 Å². The Morgan fingerprint density at radius 1 is 1.40 bits per heavy atom. The summed E-state index contributed by atoms with van der Waals surface area (Å²) in [6, 6.07) is 6.89. The number of ether oxygens (including phenoxy) is 1. The first-order valence-corrected chi connectivity index (χ1v) is 5.68. The molecule has 2 rings (SSSR count). The number of hydrogen-bond acceptors (Lipinski definition) is 6. The zero-order valence-corrected chi connectivity index (χ0v) is 10.6. The number of aromatic nitrogens is 2. The molecule has 0 atom stereocenters. The first-order valence-electron chi connectivity index (χ1n) is 5.68. The molecular formula is C12H12N4O4. The van der Waals surface area contributed by atoms with Crippen molar-refractivity contribution in [3.63, 3.8) is 0 Å². The van der Waals surface area contributed by atoms with Crippen molar-refractivity contribution >= 4 is 17.5 Å². The first kappa shape index (κ1) is 13.5. The lowest BCUT2D eigenvalue weighted by Gasteiger charge is -2.09. The van der Waals surface area contributed by atoms with Crippen LogP contribution in [0, 0.1) is 0 Å². The standard InChI is InChI=1S/C12H12N4O4/c1-7(17)14-8-4-2-3-5-9(8)19-6-10-15-12(11(13)18)20-16-10/h2-5H,6H2,1H3,(H2,13,18)(H,14,17). The van der Waals surface area contributed by atoms with E-state index in [1.807, 2.05) is 0 Å². The lowest BCUT2D eigenvalue weighted by atomic mass is 10.3. The Morgan fingerprint density at radius 2 is 2.15 bits per heavy atom. The molecule has 3 N–H and O–H groups in total. The van der Waals surface area contributed by atoms with Gasteiger partial charge < -0.3 is 20.3 Å². The molecule has 2 amide bonds. The van der Waals surface area contributed by atoms with Crippen molar-refractivity contribution in [1.29, 1.82) is 0 Å². The van der Waals surface area contributed by atoms with E-state index in [1.54, 1.807) is 24.3 Å². The SMILES string of the molecule is CC(=O)Nc1ccccc1OCc1noc(C(N)=O)n1. The van der Waals surface area contributed by atoms with E-state index in [0.29, 0.717) is 11.4 Å². The number of nitrogens with zero attached hydrogens (tertiary/aromatic N) is 2. The van der Waals surface area contributed by atoms with Crippen LogP contribution in [0.3, 0.4) is 0 Å². The van der Waals surface area contributed by atoms with E-state index in [2.05, 4.69) is 20.0 Å². The third-order valence-corrected chi connectivity index (χ3v) is 2.23. The minimum absolute atomic E-state index is 0.0205. The molecule has 20 heavy (non-hydrogen) atoms. The van der Waals surface area contributed by atoms with Gasteiger partial charge in [-0.15, -0.1) is 0 Å². The monoisotopic (exact) mass is 276 g/mol. The van der Waals surface area contributed by atoms with Crippen LogP contribution in [-0.2, 0) is 11.4 Å². The predicted molar refractivity (Wildman–Crippen MR) is 67.9 cm³/mol. The number of carbonyl (C=O) groups excluding carboxylic acids is 2. The van der Waals surface area contributed by atoms with Crippen molar-refractivity contribution in [3.8, 4) is 5.75 Å². The van der Waals surface area contributed by atoms with Gasteiger partial charge in [0.05, 0.1) is 5.69 Å². The van der Waals surface area contributed by atoms with Gasteiger partial charge in [-0.3, -0.25) is 9.59 Å². The van der Waals surface area contributed by atoms with E-state index in [1.165, 1.54) is 6.92 Å². The summed E-state index contributed by atoms with van der Waals surface area (Å²) in [4.78, 5) is 25.6. The highest BCUT2D eigenvalue weighted by atomic mass is 16.5. The zero-order chi connectivity index (χ0) is 14.5. The average Bonchev–Trinajstić information content (AvgIpc) is 2.86. The van der Waals surface area contributed by atoms with Gasteiger partial charge in [0.15, 0.2) is 6.61 Å². The summed E-state index contributed by atoms with van der Waals surface area (Å²) in [6.45, 7) is 1.38. The van der Waals surface area contributed by atoms with Crippen molar-refractivity contribution in [2.75, 3.05) is 5.32 Å². The second-order valence-electron chi connectivity index (χ2n) is 3.85. The van der Waals surface area contributed by atoms with E-state index in [9.17, 15) is 9.59 Å². The maximum Gasteiger partial charge on any atom is 0.315 e. The topological polar surface area (TPSA) is 120 Å². The van der Waals surface area contributed by atoms with Crippen LogP contribution in [-0.4, -0.2) is 22.0 Å². The molecule has 0 spiro atoms. The molecule has 2 aromatic rings. The molecule has 0 saturated carbocycles. The van der Waals surface area contributed by atoms with Crippen LogP contribution in [0.4, 0.5) is 5.69 Å². The number of benzene rings is 1. The molecule has 0 aliphatic carbocycles. The van der Waals surface area contributed by atoms with E-state index >= 15 is 0 Å². The van der Waals surface area contributed by atoms with Gasteiger partial charge in [0.1, 0.15) is 5.75 Å². The molecule has 104 valence electrons. The summed E-state index contributed by atoms with van der Waals surface area (Å²) in [5.74, 6) is -0.665. The number of amides is 2. The average molecular weight is 276 g/mol. The number of nitrogens with two attached hydrogens (primary N) is 1. The summed E-state index contributed by atoms with van der Waals surface area (Å²) in [6.07, 6.45) is 0. The summed E-state index contributed by atoms with van der Waals surface area (Å²) in [5.41, 5.74) is 5.52. The quantitative estimate of drug-likeness (QED) is 0.829. The Bertz CT molecular complexity index is 638. The van der Waals surface area contributed by atoms with E-state index in [4.69, 9.17) is 10.5 Å². The Hall–Kier alpha value is -2.90. The Balaban J connectivity index is 2.06. The number of hydrogen-bond donors (Lipinski definition) is 2. The number of primary amides is 1. The van der Waals surface area contributed by atoms with Crippen LogP contribution in [0.2, 0.25) is 0 Å². The number of carbonyl (C=O) groups is 2. The van der Waals surface area contributed by atoms with Crippen molar-refractivity contribution in [2.45, 2.75) is 13.5 Å². The molecule has 1 heterocycles. The number of rotatable bonds is 5. The van der Waals surface area contributed by atoms with Crippen molar-refractivity contribution in [2.24, 2.45) is 5.73 Å². The highest BCUT2D eigenvalue weighted by Crippen LogP contribution is 2.24. The van der Waals surface area contributed by atoms with Crippen LogP contribution in [0.1, 0.15) is 23.4 Å². The number of para-hydroxylation sites is 2. The van der Waals surface area contributed by atoms with E-state index in [-0.39, 0.29) is 24.2 Å². The normalized spacial score (nSPS) is 10.1. The van der Waals surface area contributed by atoms with Gasteiger partial charge >= 0.3 is 11.8 Å². The minimum atomic E-state index is -0.803. The lowest BCUT2D eigenvalue weighted by Crippen LogP contribution is -2.11. The van der Waals surface area contributed by atoms with Crippen LogP contribution < -0.4 is 15.8 Å². The Kier molecular flexibility index (Phi) is 3.94. The molecule has 1 aromatic carbocycles. The van der Waals surface area contributed by atoms with E-state index < -0.39 is 5.91 Å². The largest absolute Gasteiger partial charge is 0.483 e. The van der Waals surface area contributed by atoms with Crippen LogP contribution in [0.5, 0.6) is 5.75 Å². The minimum Gasteiger partial charge on any atom is -0.483 e. The van der Waals surface area contributed by atoms with Gasteiger partial charge in [0.2, 0.25) is 11.7 Å². The highest BCUT2D eigenvalue weighted by molar-refractivity contribution is 5.90. The van der Waals surface area contributed by atoms with Crippen molar-refractivity contribution < 1.29 is 18.8 Å². The lowest BCUT2D eigenvalue weighted by molar-refractivity contribution is -0.114. The summed E-state index contributed by atoms with van der Waals surface area (Å²) in [5, 5.41) is 6.17. The summed E-state index contributed by atoms with van der Waals surface area (Å²) < 4.78 is 10.1. The third-order valence-electron chi connectivity index (χ3n) is 2.23. The van der Waals surface area contributed by atoms with Crippen LogP contribution >= 0.6 is 0 Å². The molecule has 0 radical (unpaired) electrons. The van der Waals surface area contributed by atoms with Gasteiger partial charge in [-0.2, -0.15) is 4.98 Å². The fourth-order valence-corrected chi connectivity index (χ4v) is 1.44. The summed E-state index contributed by atoms with van der Waals surface area (Å²) in [7, 11) is 0. The fourth-order valence-electron chi connectivity index (χ4n) is 1.44. The molecule has 0 aliphatic rings. The second-order valence-corrected chi connectivity index (χ2v) is 3.85. The molecule has 0 unspecified atom stereocenters. The van der Waals surface area contributed by atoms with Crippen LogP contribution in [0.15, 0.2) is 28.8 Å².